The largest absolute Gasteiger partial charge is 0.468 e. The van der Waals surface area contributed by atoms with E-state index in [0.29, 0.717) is 12.1 Å². The molecule has 0 spiro atoms. The van der Waals surface area contributed by atoms with Crippen molar-refractivity contribution in [3.05, 3.63) is 0 Å². The van der Waals surface area contributed by atoms with Gasteiger partial charge in [0.2, 0.25) is 5.91 Å². The minimum Gasteiger partial charge on any atom is -0.468 e. The van der Waals surface area contributed by atoms with Gasteiger partial charge in [-0.25, -0.2) is 0 Å². The molecule has 6 heteroatoms. The maximum absolute atomic E-state index is 12.0. The van der Waals surface area contributed by atoms with Crippen molar-refractivity contribution in [1.29, 1.82) is 0 Å². The average molecular weight is 289 g/mol. The van der Waals surface area contributed by atoms with E-state index in [2.05, 4.69) is 16.7 Å². The Labute approximate surface area is 118 Å². The first-order valence-electron chi connectivity index (χ1n) is 6.71. The minimum absolute atomic E-state index is 0.00980. The third kappa shape index (κ3) is 3.03. The molecule has 0 aliphatic carbocycles. The number of ether oxygens (including phenoxy) is 1. The number of nitrogens with zero attached hydrogens (tertiary/aromatic N) is 2. The summed E-state index contributed by atoms with van der Waals surface area (Å²) in [4.78, 5) is 27.4. The number of amides is 1. The maximum Gasteiger partial charge on any atom is 0.325 e. The number of hydrogen-bond acceptors (Lipinski definition) is 4. The topological polar surface area (TPSA) is 49.9 Å². The lowest BCUT2D eigenvalue weighted by Crippen LogP contribution is -2.52. The fourth-order valence-corrected chi connectivity index (χ4v) is 3.49. The van der Waals surface area contributed by atoms with Gasteiger partial charge < -0.3 is 14.5 Å². The summed E-state index contributed by atoms with van der Waals surface area (Å²) in [5.74, 6) is -0.649. The molecule has 5 nitrogen and oxygen atoms in total. The van der Waals surface area contributed by atoms with Gasteiger partial charge in [0.15, 0.2) is 0 Å². The summed E-state index contributed by atoms with van der Waals surface area (Å²) in [6.45, 7) is 0.00980. The first kappa shape index (κ1) is 14.6. The van der Waals surface area contributed by atoms with Crippen molar-refractivity contribution in [2.45, 2.75) is 43.8 Å². The predicted octanol–water partition coefficient (Wildman–Crippen LogP) is 0.852. The molecule has 2 fully saturated rings. The van der Waals surface area contributed by atoms with Gasteiger partial charge >= 0.3 is 5.97 Å². The molecule has 108 valence electrons. The second kappa shape index (κ2) is 6.09. The lowest BCUT2D eigenvalue weighted by molar-refractivity contribution is -0.148. The van der Waals surface area contributed by atoms with Crippen LogP contribution in [0.5, 0.6) is 0 Å². The molecular formula is C13H21ClN2O3. The lowest BCUT2D eigenvalue weighted by Gasteiger charge is -2.41. The SMILES string of the molecule is COC(=O)CN(C(=O)CCl)C1CC2CCC(C1)N2C. The Balaban J connectivity index is 2.06. The number of halogens is 1. The summed E-state index contributed by atoms with van der Waals surface area (Å²) >= 11 is 5.66. The summed E-state index contributed by atoms with van der Waals surface area (Å²) in [7, 11) is 3.48. The van der Waals surface area contributed by atoms with E-state index in [1.165, 1.54) is 20.0 Å². The molecule has 2 saturated heterocycles. The molecule has 0 radical (unpaired) electrons. The molecule has 0 aromatic rings. The number of rotatable bonds is 4. The highest BCUT2D eigenvalue weighted by atomic mass is 35.5. The third-order valence-corrected chi connectivity index (χ3v) is 4.70. The van der Waals surface area contributed by atoms with Crippen LogP contribution in [0.3, 0.4) is 0 Å². The van der Waals surface area contributed by atoms with E-state index in [4.69, 9.17) is 11.6 Å². The molecule has 2 aliphatic heterocycles. The Morgan fingerprint density at radius 2 is 1.89 bits per heavy atom. The number of carbonyl (C=O) groups excluding carboxylic acids is 2. The molecule has 0 N–H and O–H groups in total. The van der Waals surface area contributed by atoms with Gasteiger partial charge in [0.1, 0.15) is 12.4 Å². The average Bonchev–Trinajstić information content (AvgIpc) is 2.66. The van der Waals surface area contributed by atoms with Crippen LogP contribution in [0.15, 0.2) is 0 Å². The van der Waals surface area contributed by atoms with E-state index < -0.39 is 0 Å². The predicted molar refractivity (Wildman–Crippen MR) is 72.0 cm³/mol. The van der Waals surface area contributed by atoms with E-state index >= 15 is 0 Å². The number of methoxy groups -OCH3 is 1. The number of fused-ring (bicyclic) bond motifs is 2. The highest BCUT2D eigenvalue weighted by Crippen LogP contribution is 2.36. The van der Waals surface area contributed by atoms with E-state index in [1.54, 1.807) is 4.90 Å². The molecule has 0 saturated carbocycles. The van der Waals surface area contributed by atoms with Gasteiger partial charge in [-0.1, -0.05) is 0 Å². The van der Waals surface area contributed by atoms with Crippen LogP contribution in [0.1, 0.15) is 25.7 Å². The number of alkyl halides is 1. The first-order chi connectivity index (χ1) is 9.06. The van der Waals surface area contributed by atoms with Crippen LogP contribution in [-0.4, -0.2) is 66.4 Å². The zero-order valence-electron chi connectivity index (χ0n) is 11.5. The second-order valence-corrected chi connectivity index (χ2v) is 5.67. The lowest BCUT2D eigenvalue weighted by atomic mass is 9.96. The van der Waals surface area contributed by atoms with Crippen LogP contribution in [0.2, 0.25) is 0 Å². The quantitative estimate of drug-likeness (QED) is 0.568. The van der Waals surface area contributed by atoms with Crippen molar-refractivity contribution in [1.82, 2.24) is 9.80 Å². The van der Waals surface area contributed by atoms with Gasteiger partial charge in [-0.2, -0.15) is 0 Å². The number of esters is 1. The van der Waals surface area contributed by atoms with E-state index in [1.807, 2.05) is 0 Å². The number of hydrogen-bond donors (Lipinski definition) is 0. The van der Waals surface area contributed by atoms with Crippen LogP contribution < -0.4 is 0 Å². The van der Waals surface area contributed by atoms with Gasteiger partial charge in [-0.3, -0.25) is 9.59 Å². The van der Waals surface area contributed by atoms with Crippen LogP contribution in [-0.2, 0) is 14.3 Å². The summed E-state index contributed by atoms with van der Waals surface area (Å²) in [5, 5.41) is 0. The van der Waals surface area contributed by atoms with Crippen molar-refractivity contribution in [3.63, 3.8) is 0 Å². The van der Waals surface area contributed by atoms with E-state index in [9.17, 15) is 9.59 Å². The Kier molecular flexibility index (Phi) is 4.68. The molecule has 0 aromatic carbocycles. The number of carbonyl (C=O) groups is 2. The summed E-state index contributed by atoms with van der Waals surface area (Å²) in [6.07, 6.45) is 4.21. The summed E-state index contributed by atoms with van der Waals surface area (Å²) in [5.41, 5.74) is 0. The van der Waals surface area contributed by atoms with Crippen LogP contribution in [0.4, 0.5) is 0 Å². The standard InChI is InChI=1S/C13H21ClN2O3/c1-15-9-3-4-10(15)6-11(5-9)16(12(17)7-14)8-13(18)19-2/h9-11H,3-8H2,1-2H3. The molecule has 2 heterocycles. The minimum atomic E-state index is -0.384. The first-order valence-corrected chi connectivity index (χ1v) is 7.24. The van der Waals surface area contributed by atoms with Crippen molar-refractivity contribution in [3.8, 4) is 0 Å². The Bertz CT molecular complexity index is 350. The van der Waals surface area contributed by atoms with Crippen LogP contribution in [0, 0.1) is 0 Å². The van der Waals surface area contributed by atoms with Crippen molar-refractivity contribution < 1.29 is 14.3 Å². The molecule has 2 rings (SSSR count). The fourth-order valence-electron chi connectivity index (χ4n) is 3.34. The van der Waals surface area contributed by atoms with Gasteiger partial charge in [-0.05, 0) is 32.7 Å². The molecule has 19 heavy (non-hydrogen) atoms. The normalized spacial score (nSPS) is 30.2. The van der Waals surface area contributed by atoms with Crippen molar-refractivity contribution >= 4 is 23.5 Å². The van der Waals surface area contributed by atoms with Crippen molar-refractivity contribution in [2.75, 3.05) is 26.6 Å². The zero-order valence-corrected chi connectivity index (χ0v) is 12.2. The molecule has 2 unspecified atom stereocenters. The summed E-state index contributed by atoms with van der Waals surface area (Å²) in [6, 6.07) is 1.15. The highest BCUT2D eigenvalue weighted by molar-refractivity contribution is 6.27. The monoisotopic (exact) mass is 288 g/mol. The molecular weight excluding hydrogens is 268 g/mol. The van der Waals surface area contributed by atoms with Crippen molar-refractivity contribution in [2.24, 2.45) is 0 Å². The Morgan fingerprint density at radius 3 is 2.37 bits per heavy atom. The summed E-state index contributed by atoms with van der Waals surface area (Å²) < 4.78 is 4.67. The zero-order chi connectivity index (χ0) is 14.0. The maximum atomic E-state index is 12.0. The highest BCUT2D eigenvalue weighted by Gasteiger charge is 2.41. The second-order valence-electron chi connectivity index (χ2n) is 5.41. The van der Waals surface area contributed by atoms with E-state index in [-0.39, 0.29) is 30.3 Å². The van der Waals surface area contributed by atoms with Gasteiger partial charge in [0.05, 0.1) is 7.11 Å². The molecule has 1 amide bonds. The van der Waals surface area contributed by atoms with Crippen LogP contribution >= 0.6 is 11.6 Å². The molecule has 2 atom stereocenters. The molecule has 2 bridgehead atoms. The Hall–Kier alpha value is -0.810. The third-order valence-electron chi connectivity index (χ3n) is 4.48. The van der Waals surface area contributed by atoms with Gasteiger partial charge in [0.25, 0.3) is 0 Å². The van der Waals surface area contributed by atoms with Gasteiger partial charge in [0, 0.05) is 18.1 Å². The van der Waals surface area contributed by atoms with E-state index in [0.717, 1.165) is 12.8 Å². The smallest absolute Gasteiger partial charge is 0.325 e. The fraction of sp³-hybridized carbons (Fsp3) is 0.846. The number of piperidine rings is 1. The van der Waals surface area contributed by atoms with Crippen LogP contribution in [0.25, 0.3) is 0 Å². The Morgan fingerprint density at radius 1 is 1.32 bits per heavy atom. The molecule has 2 aliphatic rings. The molecule has 0 aromatic heterocycles. The van der Waals surface area contributed by atoms with Gasteiger partial charge in [-0.15, -0.1) is 11.6 Å².